The summed E-state index contributed by atoms with van der Waals surface area (Å²) in [6.07, 6.45) is 3.22. The summed E-state index contributed by atoms with van der Waals surface area (Å²) in [5.74, 6) is 0. The lowest BCUT2D eigenvalue weighted by Crippen LogP contribution is -2.26. The van der Waals surface area contributed by atoms with E-state index in [9.17, 15) is 0 Å². The highest BCUT2D eigenvalue weighted by atomic mass is 15.3. The van der Waals surface area contributed by atoms with E-state index in [4.69, 9.17) is 5.73 Å². The van der Waals surface area contributed by atoms with Crippen molar-refractivity contribution in [1.82, 2.24) is 14.7 Å². The van der Waals surface area contributed by atoms with E-state index in [2.05, 4.69) is 23.1 Å². The Hall–Kier alpha value is -0.870. The van der Waals surface area contributed by atoms with Crippen molar-refractivity contribution in [3.63, 3.8) is 0 Å². The van der Waals surface area contributed by atoms with Crippen LogP contribution in [0, 0.1) is 6.92 Å². The first-order chi connectivity index (χ1) is 6.65. The van der Waals surface area contributed by atoms with Crippen molar-refractivity contribution in [1.29, 1.82) is 0 Å². The van der Waals surface area contributed by atoms with Gasteiger partial charge in [0.2, 0.25) is 0 Å². The minimum absolute atomic E-state index is 0.368. The fourth-order valence-corrected chi connectivity index (χ4v) is 2.05. The van der Waals surface area contributed by atoms with Crippen LogP contribution in [-0.4, -0.2) is 33.8 Å². The van der Waals surface area contributed by atoms with Crippen molar-refractivity contribution >= 4 is 0 Å². The van der Waals surface area contributed by atoms with Crippen LogP contribution in [-0.2, 0) is 13.6 Å². The maximum atomic E-state index is 5.86. The highest BCUT2D eigenvalue weighted by Gasteiger charge is 2.19. The molecule has 1 saturated heterocycles. The Kier molecular flexibility index (Phi) is 2.56. The number of hydrogen-bond donors (Lipinski definition) is 1. The molecule has 4 nitrogen and oxygen atoms in total. The maximum absolute atomic E-state index is 5.86. The number of hydrogen-bond acceptors (Lipinski definition) is 3. The van der Waals surface area contributed by atoms with Crippen LogP contribution in [0.4, 0.5) is 0 Å². The van der Waals surface area contributed by atoms with Crippen LogP contribution >= 0.6 is 0 Å². The van der Waals surface area contributed by atoms with Gasteiger partial charge in [0, 0.05) is 44.5 Å². The van der Waals surface area contributed by atoms with Gasteiger partial charge in [0.15, 0.2) is 0 Å². The third-order valence-electron chi connectivity index (χ3n) is 2.82. The van der Waals surface area contributed by atoms with Crippen LogP contribution in [0.1, 0.15) is 17.7 Å². The summed E-state index contributed by atoms with van der Waals surface area (Å²) >= 11 is 0. The zero-order valence-electron chi connectivity index (χ0n) is 8.90. The van der Waals surface area contributed by atoms with Gasteiger partial charge in [0.05, 0.1) is 5.69 Å². The first-order valence-electron chi connectivity index (χ1n) is 5.12. The molecule has 14 heavy (non-hydrogen) atoms. The average molecular weight is 194 g/mol. The van der Waals surface area contributed by atoms with E-state index in [1.807, 2.05) is 11.7 Å². The zero-order valence-corrected chi connectivity index (χ0v) is 8.90. The van der Waals surface area contributed by atoms with Crippen LogP contribution < -0.4 is 5.73 Å². The first-order valence-corrected chi connectivity index (χ1v) is 5.12. The molecule has 1 fully saturated rings. The normalized spacial score (nSPS) is 23.2. The second kappa shape index (κ2) is 3.71. The van der Waals surface area contributed by atoms with Crippen LogP contribution in [0.3, 0.4) is 0 Å². The van der Waals surface area contributed by atoms with Gasteiger partial charge in [-0.3, -0.25) is 9.58 Å². The Bertz CT molecular complexity index is 318. The first kappa shape index (κ1) is 9.68. The van der Waals surface area contributed by atoms with Gasteiger partial charge < -0.3 is 5.73 Å². The van der Waals surface area contributed by atoms with Crippen LogP contribution in [0.2, 0.25) is 0 Å². The minimum atomic E-state index is 0.368. The second-order valence-electron chi connectivity index (χ2n) is 4.20. The van der Waals surface area contributed by atoms with Crippen molar-refractivity contribution in [2.75, 3.05) is 13.1 Å². The van der Waals surface area contributed by atoms with Crippen LogP contribution in [0.15, 0.2) is 6.20 Å². The fraction of sp³-hybridized carbons (Fsp3) is 0.700. The molecule has 0 amide bonds. The molecule has 1 aromatic rings. The summed E-state index contributed by atoms with van der Waals surface area (Å²) in [7, 11) is 1.96. The highest BCUT2D eigenvalue weighted by Crippen LogP contribution is 2.13. The van der Waals surface area contributed by atoms with E-state index in [1.165, 1.54) is 5.56 Å². The largest absolute Gasteiger partial charge is 0.326 e. The van der Waals surface area contributed by atoms with Crippen molar-refractivity contribution in [3.05, 3.63) is 17.5 Å². The summed E-state index contributed by atoms with van der Waals surface area (Å²) in [6.45, 7) is 5.20. The van der Waals surface area contributed by atoms with Gasteiger partial charge >= 0.3 is 0 Å². The molecular formula is C10H18N4. The standard InChI is InChI=1S/C10H18N4/c1-8-9(5-13(2)12-8)6-14-4-3-10(11)7-14/h5,10H,3-4,6-7,11H2,1-2H3. The number of nitrogens with zero attached hydrogens (tertiary/aromatic N) is 3. The van der Waals surface area contributed by atoms with Crippen LogP contribution in [0.25, 0.3) is 0 Å². The van der Waals surface area contributed by atoms with E-state index >= 15 is 0 Å². The van der Waals surface area contributed by atoms with E-state index in [-0.39, 0.29) is 0 Å². The molecule has 0 radical (unpaired) electrons. The maximum Gasteiger partial charge on any atom is 0.0638 e. The molecule has 1 aliphatic rings. The Labute approximate surface area is 84.7 Å². The van der Waals surface area contributed by atoms with E-state index in [0.29, 0.717) is 6.04 Å². The average Bonchev–Trinajstić information content (AvgIpc) is 2.61. The Balaban J connectivity index is 2.00. The molecule has 0 aliphatic carbocycles. The molecule has 0 bridgehead atoms. The quantitative estimate of drug-likeness (QED) is 0.734. The number of likely N-dealkylation sites (tertiary alicyclic amines) is 1. The molecule has 0 spiro atoms. The Morgan fingerprint density at radius 2 is 2.43 bits per heavy atom. The molecular weight excluding hydrogens is 176 g/mol. The lowest BCUT2D eigenvalue weighted by Gasteiger charge is -2.13. The van der Waals surface area contributed by atoms with Crippen LogP contribution in [0.5, 0.6) is 0 Å². The smallest absolute Gasteiger partial charge is 0.0638 e. The summed E-state index contributed by atoms with van der Waals surface area (Å²) < 4.78 is 1.88. The lowest BCUT2D eigenvalue weighted by molar-refractivity contribution is 0.326. The minimum Gasteiger partial charge on any atom is -0.326 e. The summed E-state index contributed by atoms with van der Waals surface area (Å²) in [4.78, 5) is 2.40. The van der Waals surface area contributed by atoms with Gasteiger partial charge in [-0.1, -0.05) is 0 Å². The predicted octanol–water partition coefficient (Wildman–Crippen LogP) is 0.262. The van der Waals surface area contributed by atoms with E-state index < -0.39 is 0 Å². The lowest BCUT2D eigenvalue weighted by atomic mass is 10.2. The van der Waals surface area contributed by atoms with Gasteiger partial charge in [0.25, 0.3) is 0 Å². The number of nitrogens with two attached hydrogens (primary N) is 1. The van der Waals surface area contributed by atoms with Gasteiger partial charge in [-0.25, -0.2) is 0 Å². The van der Waals surface area contributed by atoms with Crippen molar-refractivity contribution < 1.29 is 0 Å². The summed E-state index contributed by atoms with van der Waals surface area (Å²) in [5, 5.41) is 4.33. The number of aromatic nitrogens is 2. The molecule has 1 aromatic heterocycles. The molecule has 2 heterocycles. The molecule has 1 aliphatic heterocycles. The Morgan fingerprint density at radius 1 is 1.64 bits per heavy atom. The second-order valence-corrected chi connectivity index (χ2v) is 4.20. The molecule has 1 unspecified atom stereocenters. The van der Waals surface area contributed by atoms with Gasteiger partial charge in [-0.15, -0.1) is 0 Å². The molecule has 1 atom stereocenters. The fourth-order valence-electron chi connectivity index (χ4n) is 2.05. The zero-order chi connectivity index (χ0) is 10.1. The topological polar surface area (TPSA) is 47.1 Å². The van der Waals surface area contributed by atoms with Gasteiger partial charge in [0.1, 0.15) is 0 Å². The van der Waals surface area contributed by atoms with Crippen molar-refractivity contribution in [2.45, 2.75) is 25.9 Å². The van der Waals surface area contributed by atoms with Crippen molar-refractivity contribution in [2.24, 2.45) is 12.8 Å². The third-order valence-corrected chi connectivity index (χ3v) is 2.82. The Morgan fingerprint density at radius 3 is 2.93 bits per heavy atom. The van der Waals surface area contributed by atoms with E-state index in [0.717, 1.165) is 31.7 Å². The van der Waals surface area contributed by atoms with E-state index in [1.54, 1.807) is 0 Å². The predicted molar refractivity (Wildman–Crippen MR) is 55.8 cm³/mol. The molecule has 78 valence electrons. The molecule has 2 rings (SSSR count). The number of aryl methyl sites for hydroxylation is 2. The summed E-state index contributed by atoms with van der Waals surface area (Å²) in [5.41, 5.74) is 8.31. The summed E-state index contributed by atoms with van der Waals surface area (Å²) in [6, 6.07) is 0.368. The van der Waals surface area contributed by atoms with Gasteiger partial charge in [-0.05, 0) is 13.3 Å². The monoisotopic (exact) mass is 194 g/mol. The van der Waals surface area contributed by atoms with Crippen molar-refractivity contribution in [3.8, 4) is 0 Å². The van der Waals surface area contributed by atoms with Gasteiger partial charge in [-0.2, -0.15) is 5.10 Å². The third kappa shape index (κ3) is 1.96. The number of rotatable bonds is 2. The molecule has 0 aromatic carbocycles. The molecule has 0 saturated carbocycles. The molecule has 2 N–H and O–H groups in total. The highest BCUT2D eigenvalue weighted by molar-refractivity contribution is 5.15. The SMILES string of the molecule is Cc1nn(C)cc1CN1CCC(N)C1. The molecule has 4 heteroatoms.